The zero-order chi connectivity index (χ0) is 12.8. The maximum Gasteiger partial charge on any atom is 0.239 e. The monoisotopic (exact) mass is 252 g/mol. The lowest BCUT2D eigenvalue weighted by Gasteiger charge is -2.30. The van der Waals surface area contributed by atoms with E-state index in [9.17, 15) is 4.79 Å². The van der Waals surface area contributed by atoms with Gasteiger partial charge in [0.15, 0.2) is 0 Å². The number of hydrogen-bond donors (Lipinski definition) is 1. The van der Waals surface area contributed by atoms with E-state index in [1.165, 1.54) is 12.8 Å². The molecule has 1 aliphatic carbocycles. The third-order valence-electron chi connectivity index (χ3n) is 3.78. The summed E-state index contributed by atoms with van der Waals surface area (Å²) in [7, 11) is 0. The predicted octanol–water partition coefficient (Wildman–Crippen LogP) is 1.18. The van der Waals surface area contributed by atoms with Crippen molar-refractivity contribution in [3.8, 4) is 0 Å². The molecule has 0 aromatic heterocycles. The number of nitrogens with zero attached hydrogens (tertiary/aromatic N) is 1. The summed E-state index contributed by atoms with van der Waals surface area (Å²) < 4.78 is 5.26. The van der Waals surface area contributed by atoms with Gasteiger partial charge >= 0.3 is 0 Å². The van der Waals surface area contributed by atoms with Crippen molar-refractivity contribution in [1.29, 1.82) is 0 Å². The minimum Gasteiger partial charge on any atom is -0.378 e. The van der Waals surface area contributed by atoms with Crippen LogP contribution in [0.3, 0.4) is 0 Å². The van der Waals surface area contributed by atoms with Crippen LogP contribution >= 0.6 is 0 Å². The summed E-state index contributed by atoms with van der Waals surface area (Å²) in [6, 6.07) is -0.0750. The maximum atomic E-state index is 12.2. The third-order valence-corrected chi connectivity index (χ3v) is 3.78. The van der Waals surface area contributed by atoms with E-state index < -0.39 is 0 Å². The lowest BCUT2D eigenvalue weighted by molar-refractivity contribution is -0.137. The van der Waals surface area contributed by atoms with Crippen LogP contribution in [0.5, 0.6) is 0 Å². The van der Waals surface area contributed by atoms with Crippen molar-refractivity contribution in [1.82, 2.24) is 10.2 Å². The molecule has 18 heavy (non-hydrogen) atoms. The molecule has 0 radical (unpaired) electrons. The van der Waals surface area contributed by atoms with E-state index in [0.717, 1.165) is 26.1 Å². The van der Waals surface area contributed by atoms with Crippen LogP contribution in [0.4, 0.5) is 0 Å². The molecule has 1 aliphatic heterocycles. The zero-order valence-corrected chi connectivity index (χ0v) is 11.2. The standard InChI is InChI=1S/C14H24N2O2/c1-12(14(17)16-7-9-18-10-8-16)15-11-13-5-3-2-4-6-13/h2-3,12-13,15H,4-11H2,1H3. The summed E-state index contributed by atoms with van der Waals surface area (Å²) in [6.45, 7) is 5.73. The van der Waals surface area contributed by atoms with Crippen molar-refractivity contribution >= 4 is 5.91 Å². The van der Waals surface area contributed by atoms with Gasteiger partial charge in [-0.15, -0.1) is 0 Å². The first-order valence-electron chi connectivity index (χ1n) is 7.02. The number of hydrogen-bond acceptors (Lipinski definition) is 3. The van der Waals surface area contributed by atoms with Crippen LogP contribution in [0.2, 0.25) is 0 Å². The molecule has 4 nitrogen and oxygen atoms in total. The summed E-state index contributed by atoms with van der Waals surface area (Å²) in [5, 5.41) is 3.38. The predicted molar refractivity (Wildman–Crippen MR) is 71.3 cm³/mol. The number of nitrogens with one attached hydrogen (secondary N) is 1. The average molecular weight is 252 g/mol. The Hall–Kier alpha value is -0.870. The minimum atomic E-state index is -0.0750. The molecule has 0 spiro atoms. The van der Waals surface area contributed by atoms with Crippen LogP contribution < -0.4 is 5.32 Å². The van der Waals surface area contributed by atoms with Gasteiger partial charge in [0.25, 0.3) is 0 Å². The summed E-state index contributed by atoms with van der Waals surface area (Å²) in [4.78, 5) is 14.1. The van der Waals surface area contributed by atoms with Crippen molar-refractivity contribution in [2.24, 2.45) is 5.92 Å². The fourth-order valence-corrected chi connectivity index (χ4v) is 2.53. The van der Waals surface area contributed by atoms with Gasteiger partial charge in [-0.25, -0.2) is 0 Å². The fraction of sp³-hybridized carbons (Fsp3) is 0.786. The van der Waals surface area contributed by atoms with Gasteiger partial charge < -0.3 is 15.0 Å². The molecule has 0 bridgehead atoms. The molecule has 2 atom stereocenters. The molecule has 0 aromatic rings. The Bertz CT molecular complexity index is 298. The lowest BCUT2D eigenvalue weighted by atomic mass is 9.94. The second-order valence-electron chi connectivity index (χ2n) is 5.22. The third kappa shape index (κ3) is 3.82. The molecule has 1 saturated heterocycles. The van der Waals surface area contributed by atoms with Crippen molar-refractivity contribution < 1.29 is 9.53 Å². The van der Waals surface area contributed by atoms with Crippen LogP contribution in [0, 0.1) is 5.92 Å². The maximum absolute atomic E-state index is 12.2. The first kappa shape index (κ1) is 13.6. The van der Waals surface area contributed by atoms with Crippen molar-refractivity contribution in [2.45, 2.75) is 32.2 Å². The Labute approximate surface area is 109 Å². The van der Waals surface area contributed by atoms with Crippen LogP contribution in [-0.2, 0) is 9.53 Å². The second-order valence-corrected chi connectivity index (χ2v) is 5.22. The summed E-state index contributed by atoms with van der Waals surface area (Å²) in [5.41, 5.74) is 0. The smallest absolute Gasteiger partial charge is 0.239 e. The highest BCUT2D eigenvalue weighted by Gasteiger charge is 2.22. The molecule has 0 saturated carbocycles. The number of carbonyl (C=O) groups excluding carboxylic acids is 1. The van der Waals surface area contributed by atoms with Gasteiger partial charge in [-0.1, -0.05) is 12.2 Å². The quantitative estimate of drug-likeness (QED) is 0.764. The molecule has 102 valence electrons. The molecular weight excluding hydrogens is 228 g/mol. The molecule has 2 rings (SSSR count). The molecule has 2 unspecified atom stereocenters. The highest BCUT2D eigenvalue weighted by atomic mass is 16.5. The topological polar surface area (TPSA) is 41.6 Å². The Balaban J connectivity index is 1.71. The van der Waals surface area contributed by atoms with E-state index >= 15 is 0 Å². The Morgan fingerprint density at radius 2 is 2.22 bits per heavy atom. The molecule has 0 aromatic carbocycles. The molecule has 1 N–H and O–H groups in total. The largest absolute Gasteiger partial charge is 0.378 e. The van der Waals surface area contributed by atoms with Gasteiger partial charge in [0.2, 0.25) is 5.91 Å². The SMILES string of the molecule is CC(NCC1CC=CCC1)C(=O)N1CCOCC1. The van der Waals surface area contributed by atoms with Gasteiger partial charge in [-0.2, -0.15) is 0 Å². The van der Waals surface area contributed by atoms with Crippen molar-refractivity contribution in [3.63, 3.8) is 0 Å². The molecule has 1 fully saturated rings. The van der Waals surface area contributed by atoms with Crippen LogP contribution in [0.1, 0.15) is 26.2 Å². The first-order chi connectivity index (χ1) is 8.77. The Morgan fingerprint density at radius 1 is 1.44 bits per heavy atom. The number of ether oxygens (including phenoxy) is 1. The highest BCUT2D eigenvalue weighted by Crippen LogP contribution is 2.17. The highest BCUT2D eigenvalue weighted by molar-refractivity contribution is 5.81. The molecular formula is C14H24N2O2. The minimum absolute atomic E-state index is 0.0750. The average Bonchev–Trinajstić information content (AvgIpc) is 2.46. The second kappa shape index (κ2) is 6.90. The Morgan fingerprint density at radius 3 is 2.89 bits per heavy atom. The molecule has 1 amide bonds. The van der Waals surface area contributed by atoms with Crippen molar-refractivity contribution in [3.05, 3.63) is 12.2 Å². The van der Waals surface area contributed by atoms with E-state index in [4.69, 9.17) is 4.74 Å². The molecule has 2 aliphatic rings. The van der Waals surface area contributed by atoms with E-state index in [-0.39, 0.29) is 11.9 Å². The first-order valence-corrected chi connectivity index (χ1v) is 7.02. The zero-order valence-electron chi connectivity index (χ0n) is 11.2. The summed E-state index contributed by atoms with van der Waals surface area (Å²) in [5.74, 6) is 0.902. The van der Waals surface area contributed by atoms with Gasteiger partial charge in [-0.05, 0) is 38.6 Å². The lowest BCUT2D eigenvalue weighted by Crippen LogP contribution is -2.49. The molecule has 1 heterocycles. The number of allylic oxidation sites excluding steroid dienone is 2. The fourth-order valence-electron chi connectivity index (χ4n) is 2.53. The number of amides is 1. The van der Waals surface area contributed by atoms with Crippen LogP contribution in [0.25, 0.3) is 0 Å². The van der Waals surface area contributed by atoms with Crippen LogP contribution in [0.15, 0.2) is 12.2 Å². The van der Waals surface area contributed by atoms with Gasteiger partial charge in [-0.3, -0.25) is 4.79 Å². The van der Waals surface area contributed by atoms with E-state index in [1.807, 2.05) is 11.8 Å². The van der Waals surface area contributed by atoms with Gasteiger partial charge in [0, 0.05) is 13.1 Å². The summed E-state index contributed by atoms with van der Waals surface area (Å²) in [6.07, 6.45) is 8.06. The van der Waals surface area contributed by atoms with E-state index in [0.29, 0.717) is 19.1 Å². The number of carbonyl (C=O) groups is 1. The van der Waals surface area contributed by atoms with Gasteiger partial charge in [0.05, 0.1) is 19.3 Å². The Kier molecular flexibility index (Phi) is 5.20. The van der Waals surface area contributed by atoms with E-state index in [1.54, 1.807) is 0 Å². The van der Waals surface area contributed by atoms with Gasteiger partial charge in [0.1, 0.15) is 0 Å². The molecule has 4 heteroatoms. The van der Waals surface area contributed by atoms with E-state index in [2.05, 4.69) is 17.5 Å². The normalized spacial score (nSPS) is 26.1. The number of morpholine rings is 1. The summed E-state index contributed by atoms with van der Waals surface area (Å²) >= 11 is 0. The van der Waals surface area contributed by atoms with Crippen LogP contribution in [-0.4, -0.2) is 49.7 Å². The van der Waals surface area contributed by atoms with Crippen molar-refractivity contribution in [2.75, 3.05) is 32.8 Å². The number of rotatable bonds is 4.